The molecule has 0 spiro atoms. The van der Waals surface area contributed by atoms with Crippen LogP contribution in [0.1, 0.15) is 13.8 Å². The quantitative estimate of drug-likeness (QED) is 0.312. The lowest BCUT2D eigenvalue weighted by molar-refractivity contribution is 1.11. The smallest absolute Gasteiger partial charge is 0.0716 e. The maximum atomic E-state index is 4.87. The average Bonchev–Trinajstić information content (AvgIpc) is 2.60. The molecule has 0 radical (unpaired) electrons. The SMILES string of the molecule is CC(C)Sc1ccc2nc3ccccc3c(-c3ccccc3)c2c1. The van der Waals surface area contributed by atoms with Gasteiger partial charge in [-0.1, -0.05) is 62.4 Å². The summed E-state index contributed by atoms with van der Waals surface area (Å²) >= 11 is 1.89. The number of rotatable bonds is 3. The predicted octanol–water partition coefficient (Wildman–Crippen LogP) is 6.56. The van der Waals surface area contributed by atoms with Gasteiger partial charge in [-0.2, -0.15) is 0 Å². The second kappa shape index (κ2) is 6.29. The Morgan fingerprint density at radius 1 is 0.750 bits per heavy atom. The summed E-state index contributed by atoms with van der Waals surface area (Å²) in [6, 6.07) is 25.7. The van der Waals surface area contributed by atoms with Crippen LogP contribution in [-0.2, 0) is 0 Å². The predicted molar refractivity (Wildman–Crippen MR) is 106 cm³/mol. The molecule has 0 aliphatic carbocycles. The third kappa shape index (κ3) is 2.78. The molecule has 4 aromatic rings. The summed E-state index contributed by atoms with van der Waals surface area (Å²) in [4.78, 5) is 6.17. The van der Waals surface area contributed by atoms with E-state index in [9.17, 15) is 0 Å². The van der Waals surface area contributed by atoms with E-state index >= 15 is 0 Å². The minimum absolute atomic E-state index is 0.566. The first-order chi connectivity index (χ1) is 11.7. The van der Waals surface area contributed by atoms with Gasteiger partial charge in [0.1, 0.15) is 0 Å². The van der Waals surface area contributed by atoms with Gasteiger partial charge in [0, 0.05) is 26.5 Å². The molecule has 1 nitrogen and oxygen atoms in total. The third-order valence-corrected chi connectivity index (χ3v) is 5.08. The lowest BCUT2D eigenvalue weighted by Crippen LogP contribution is -1.91. The van der Waals surface area contributed by atoms with E-state index in [0.717, 1.165) is 11.0 Å². The number of hydrogen-bond donors (Lipinski definition) is 0. The standard InChI is InChI=1S/C22H19NS/c1-15(2)24-17-12-13-21-19(14-17)22(16-8-4-3-5-9-16)18-10-6-7-11-20(18)23-21/h3-15H,1-2H3. The largest absolute Gasteiger partial charge is 0.248 e. The zero-order valence-corrected chi connectivity index (χ0v) is 14.7. The molecule has 0 amide bonds. The fourth-order valence-electron chi connectivity index (χ4n) is 3.13. The number of para-hydroxylation sites is 1. The van der Waals surface area contributed by atoms with Gasteiger partial charge in [-0.05, 0) is 29.8 Å². The number of nitrogens with zero attached hydrogens (tertiary/aromatic N) is 1. The van der Waals surface area contributed by atoms with E-state index in [1.165, 1.54) is 26.8 Å². The third-order valence-electron chi connectivity index (χ3n) is 4.09. The molecule has 24 heavy (non-hydrogen) atoms. The van der Waals surface area contributed by atoms with Crippen molar-refractivity contribution in [2.75, 3.05) is 0 Å². The van der Waals surface area contributed by atoms with Crippen LogP contribution in [0.25, 0.3) is 32.9 Å². The van der Waals surface area contributed by atoms with Gasteiger partial charge in [0.05, 0.1) is 11.0 Å². The van der Waals surface area contributed by atoms with Crippen molar-refractivity contribution in [3.63, 3.8) is 0 Å². The summed E-state index contributed by atoms with van der Waals surface area (Å²) in [5.74, 6) is 0. The van der Waals surface area contributed by atoms with Crippen LogP contribution in [0.15, 0.2) is 77.7 Å². The van der Waals surface area contributed by atoms with E-state index in [2.05, 4.69) is 86.6 Å². The van der Waals surface area contributed by atoms with Crippen LogP contribution in [-0.4, -0.2) is 10.2 Å². The van der Waals surface area contributed by atoms with Gasteiger partial charge in [0.2, 0.25) is 0 Å². The first kappa shape index (κ1) is 15.2. The Labute approximate surface area is 146 Å². The highest BCUT2D eigenvalue weighted by Crippen LogP contribution is 2.36. The van der Waals surface area contributed by atoms with Crippen molar-refractivity contribution in [2.45, 2.75) is 24.0 Å². The van der Waals surface area contributed by atoms with Crippen molar-refractivity contribution in [1.82, 2.24) is 4.98 Å². The zero-order chi connectivity index (χ0) is 16.5. The minimum atomic E-state index is 0.566. The molecule has 3 aromatic carbocycles. The first-order valence-corrected chi connectivity index (χ1v) is 9.15. The molecule has 0 bridgehead atoms. The molecule has 1 heterocycles. The van der Waals surface area contributed by atoms with Crippen LogP contribution in [0.4, 0.5) is 0 Å². The van der Waals surface area contributed by atoms with Crippen molar-refractivity contribution in [1.29, 1.82) is 0 Å². The van der Waals surface area contributed by atoms with Crippen molar-refractivity contribution in [3.8, 4) is 11.1 Å². The molecule has 1 aromatic heterocycles. The van der Waals surface area contributed by atoms with Crippen molar-refractivity contribution in [3.05, 3.63) is 72.8 Å². The van der Waals surface area contributed by atoms with E-state index in [1.807, 2.05) is 11.8 Å². The average molecular weight is 329 g/mol. The Morgan fingerprint density at radius 3 is 2.25 bits per heavy atom. The van der Waals surface area contributed by atoms with Gasteiger partial charge in [0.15, 0.2) is 0 Å². The van der Waals surface area contributed by atoms with Crippen molar-refractivity contribution in [2.24, 2.45) is 0 Å². The highest BCUT2D eigenvalue weighted by Gasteiger charge is 2.12. The second-order valence-corrected chi connectivity index (χ2v) is 7.87. The zero-order valence-electron chi connectivity index (χ0n) is 13.9. The van der Waals surface area contributed by atoms with Crippen LogP contribution in [0.5, 0.6) is 0 Å². The number of fused-ring (bicyclic) bond motifs is 2. The van der Waals surface area contributed by atoms with Crippen molar-refractivity contribution >= 4 is 33.6 Å². The molecule has 2 heteroatoms. The number of pyridine rings is 1. The minimum Gasteiger partial charge on any atom is -0.248 e. The van der Waals surface area contributed by atoms with E-state index in [0.29, 0.717) is 5.25 Å². The van der Waals surface area contributed by atoms with Gasteiger partial charge in [-0.15, -0.1) is 11.8 Å². The van der Waals surface area contributed by atoms with Crippen LogP contribution in [0, 0.1) is 0 Å². The molecule has 0 saturated carbocycles. The molecule has 0 unspecified atom stereocenters. The molecule has 0 saturated heterocycles. The Morgan fingerprint density at radius 2 is 1.46 bits per heavy atom. The molecule has 0 fully saturated rings. The van der Waals surface area contributed by atoms with Crippen LogP contribution in [0.3, 0.4) is 0 Å². The van der Waals surface area contributed by atoms with Gasteiger partial charge >= 0.3 is 0 Å². The number of aromatic nitrogens is 1. The Kier molecular flexibility index (Phi) is 3.99. The van der Waals surface area contributed by atoms with E-state index in [-0.39, 0.29) is 0 Å². The highest BCUT2D eigenvalue weighted by atomic mass is 32.2. The fourth-order valence-corrected chi connectivity index (χ4v) is 4.01. The molecule has 0 aliphatic heterocycles. The topological polar surface area (TPSA) is 12.9 Å². The molecule has 0 aliphatic rings. The Balaban J connectivity index is 2.08. The molecule has 0 N–H and O–H groups in total. The maximum Gasteiger partial charge on any atom is 0.0716 e. The van der Waals surface area contributed by atoms with Crippen LogP contribution < -0.4 is 0 Å². The Hall–Kier alpha value is -2.32. The maximum absolute atomic E-state index is 4.87. The molecule has 0 atom stereocenters. The first-order valence-electron chi connectivity index (χ1n) is 8.27. The van der Waals surface area contributed by atoms with Crippen LogP contribution >= 0.6 is 11.8 Å². The van der Waals surface area contributed by atoms with Crippen molar-refractivity contribution < 1.29 is 0 Å². The van der Waals surface area contributed by atoms with E-state index < -0.39 is 0 Å². The van der Waals surface area contributed by atoms with E-state index in [1.54, 1.807) is 0 Å². The summed E-state index contributed by atoms with van der Waals surface area (Å²) < 4.78 is 0. The lowest BCUT2D eigenvalue weighted by atomic mass is 9.96. The molecule has 118 valence electrons. The number of hydrogen-bond acceptors (Lipinski definition) is 2. The monoisotopic (exact) mass is 329 g/mol. The van der Waals surface area contributed by atoms with E-state index in [4.69, 9.17) is 4.98 Å². The van der Waals surface area contributed by atoms with Gasteiger partial charge in [-0.25, -0.2) is 4.98 Å². The molecular formula is C22H19NS. The summed E-state index contributed by atoms with van der Waals surface area (Å²) in [6.07, 6.45) is 0. The fraction of sp³-hybridized carbons (Fsp3) is 0.136. The van der Waals surface area contributed by atoms with Gasteiger partial charge in [-0.3, -0.25) is 0 Å². The summed E-state index contributed by atoms with van der Waals surface area (Å²) in [5.41, 5.74) is 4.63. The number of benzene rings is 3. The summed E-state index contributed by atoms with van der Waals surface area (Å²) in [6.45, 7) is 4.46. The number of thioether (sulfide) groups is 1. The summed E-state index contributed by atoms with van der Waals surface area (Å²) in [5, 5.41) is 3.00. The lowest BCUT2D eigenvalue weighted by Gasteiger charge is -2.13. The Bertz CT molecular complexity index is 1010. The second-order valence-electron chi connectivity index (χ2n) is 6.22. The van der Waals surface area contributed by atoms with Crippen LogP contribution in [0.2, 0.25) is 0 Å². The summed E-state index contributed by atoms with van der Waals surface area (Å²) in [7, 11) is 0. The molecule has 4 rings (SSSR count). The highest BCUT2D eigenvalue weighted by molar-refractivity contribution is 7.99. The molecular weight excluding hydrogens is 310 g/mol. The normalized spacial score (nSPS) is 11.5. The van der Waals surface area contributed by atoms with Gasteiger partial charge in [0.25, 0.3) is 0 Å². The van der Waals surface area contributed by atoms with Gasteiger partial charge < -0.3 is 0 Å².